The minimum absolute atomic E-state index is 0.0117. The Balaban J connectivity index is 1.54. The number of hydrogen-bond donors (Lipinski definition) is 1. The first-order valence-electron chi connectivity index (χ1n) is 10.6. The number of benzene rings is 1. The highest BCUT2D eigenvalue weighted by Crippen LogP contribution is 2.42. The van der Waals surface area contributed by atoms with Crippen LogP contribution in [0.4, 0.5) is 10.5 Å². The Kier molecular flexibility index (Phi) is 4.70. The van der Waals surface area contributed by atoms with Gasteiger partial charge < -0.3 is 14.8 Å². The predicted octanol–water partition coefficient (Wildman–Crippen LogP) is 6.09. The molecule has 0 saturated heterocycles. The van der Waals surface area contributed by atoms with Gasteiger partial charge in [-0.25, -0.2) is 4.79 Å². The number of aryl methyl sites for hydroxylation is 2. The molecule has 0 fully saturated rings. The first kappa shape index (κ1) is 18.5. The molecule has 2 aliphatic rings. The van der Waals surface area contributed by atoms with E-state index < -0.39 is 0 Å². The maximum atomic E-state index is 13.4. The van der Waals surface area contributed by atoms with Crippen LogP contribution in [0.5, 0.6) is 0 Å². The smallest absolute Gasteiger partial charge is 0.312 e. The summed E-state index contributed by atoms with van der Waals surface area (Å²) in [4.78, 5) is 17.0. The van der Waals surface area contributed by atoms with E-state index in [9.17, 15) is 4.79 Å². The molecule has 1 N–H and O–H groups in total. The van der Waals surface area contributed by atoms with E-state index in [1.165, 1.54) is 51.5 Å². The lowest BCUT2D eigenvalue weighted by molar-refractivity contribution is 0.189. The van der Waals surface area contributed by atoms with Gasteiger partial charge in [0.15, 0.2) is 0 Å². The molecule has 0 spiro atoms. The van der Waals surface area contributed by atoms with Crippen molar-refractivity contribution < 1.29 is 4.79 Å². The maximum absolute atomic E-state index is 13.4. The summed E-state index contributed by atoms with van der Waals surface area (Å²) in [7, 11) is 0. The Morgan fingerprint density at radius 1 is 1.14 bits per heavy atom. The minimum Gasteiger partial charge on any atom is -0.312 e. The van der Waals surface area contributed by atoms with Crippen LogP contribution < -0.4 is 5.32 Å². The first-order chi connectivity index (χ1) is 14.2. The maximum Gasteiger partial charge on any atom is 0.322 e. The molecule has 5 rings (SSSR count). The molecule has 5 heteroatoms. The van der Waals surface area contributed by atoms with Gasteiger partial charge in [-0.15, -0.1) is 11.3 Å². The van der Waals surface area contributed by atoms with E-state index in [1.54, 1.807) is 0 Å². The molecule has 0 unspecified atom stereocenters. The van der Waals surface area contributed by atoms with Gasteiger partial charge >= 0.3 is 6.03 Å². The lowest BCUT2D eigenvalue weighted by atomic mass is 9.95. The van der Waals surface area contributed by atoms with Gasteiger partial charge in [0.2, 0.25) is 0 Å². The third-order valence-corrected chi connectivity index (χ3v) is 7.72. The summed E-state index contributed by atoms with van der Waals surface area (Å²) in [6.45, 7) is 4.93. The molecule has 1 aliphatic carbocycles. The van der Waals surface area contributed by atoms with E-state index >= 15 is 0 Å². The van der Waals surface area contributed by atoms with E-state index in [-0.39, 0.29) is 12.1 Å². The molecular formula is C24H27N3OS. The van der Waals surface area contributed by atoms with Gasteiger partial charge in [0.25, 0.3) is 0 Å². The van der Waals surface area contributed by atoms with Gasteiger partial charge in [-0.1, -0.05) is 25.1 Å². The van der Waals surface area contributed by atoms with Crippen LogP contribution in [0, 0.1) is 0 Å². The second-order valence-corrected chi connectivity index (χ2v) is 9.13. The summed E-state index contributed by atoms with van der Waals surface area (Å²) >= 11 is 1.93. The van der Waals surface area contributed by atoms with Crippen LogP contribution in [0.2, 0.25) is 0 Å². The van der Waals surface area contributed by atoms with Crippen molar-refractivity contribution in [2.75, 3.05) is 5.32 Å². The van der Waals surface area contributed by atoms with Crippen LogP contribution >= 0.6 is 11.3 Å². The number of aromatic nitrogens is 1. The SMILES string of the molecule is CCc1ccccc1NC(=O)N1Cc2c(sc3c2CCCC3)-n2cccc2[C@H]1C. The van der Waals surface area contributed by atoms with Gasteiger partial charge in [0.1, 0.15) is 5.00 Å². The molecule has 2 aromatic heterocycles. The number of para-hydroxylation sites is 1. The van der Waals surface area contributed by atoms with Crippen molar-refractivity contribution in [2.24, 2.45) is 0 Å². The van der Waals surface area contributed by atoms with Gasteiger partial charge in [0, 0.05) is 28.0 Å². The lowest BCUT2D eigenvalue weighted by Crippen LogP contribution is -2.36. The summed E-state index contributed by atoms with van der Waals surface area (Å²) in [5.74, 6) is 0. The monoisotopic (exact) mass is 405 g/mol. The van der Waals surface area contributed by atoms with E-state index in [4.69, 9.17) is 0 Å². The Hall–Kier alpha value is -2.53. The fraction of sp³-hybridized carbons (Fsp3) is 0.375. The summed E-state index contributed by atoms with van der Waals surface area (Å²) in [5.41, 5.74) is 6.11. The summed E-state index contributed by atoms with van der Waals surface area (Å²) in [5, 5.41) is 4.51. The number of carbonyl (C=O) groups is 1. The zero-order valence-corrected chi connectivity index (χ0v) is 17.9. The van der Waals surface area contributed by atoms with E-state index in [0.717, 1.165) is 18.5 Å². The van der Waals surface area contributed by atoms with Crippen LogP contribution in [-0.2, 0) is 25.8 Å². The number of urea groups is 1. The molecule has 0 bridgehead atoms. The second kappa shape index (κ2) is 7.38. The minimum atomic E-state index is -0.0187. The number of nitrogens with zero attached hydrogens (tertiary/aromatic N) is 2. The van der Waals surface area contributed by atoms with E-state index in [2.05, 4.69) is 48.1 Å². The van der Waals surface area contributed by atoms with Crippen molar-refractivity contribution in [1.82, 2.24) is 9.47 Å². The Morgan fingerprint density at radius 2 is 1.97 bits per heavy atom. The van der Waals surface area contributed by atoms with Crippen molar-refractivity contribution in [3.8, 4) is 5.00 Å². The molecule has 3 heterocycles. The van der Waals surface area contributed by atoms with Gasteiger partial charge in [0.05, 0.1) is 12.6 Å². The zero-order chi connectivity index (χ0) is 20.0. The summed E-state index contributed by atoms with van der Waals surface area (Å²) in [6, 6.07) is 12.3. The quantitative estimate of drug-likeness (QED) is 0.550. The number of rotatable bonds is 2. The number of thiophene rings is 1. The molecule has 1 aromatic carbocycles. The molecule has 1 aliphatic heterocycles. The van der Waals surface area contributed by atoms with Crippen molar-refractivity contribution in [3.05, 3.63) is 69.9 Å². The fourth-order valence-corrected chi connectivity index (χ4v) is 6.15. The third-order valence-electron chi connectivity index (χ3n) is 6.38. The number of anilines is 1. The van der Waals surface area contributed by atoms with Crippen molar-refractivity contribution >= 4 is 23.1 Å². The van der Waals surface area contributed by atoms with Crippen LogP contribution in [0.3, 0.4) is 0 Å². The molecule has 29 heavy (non-hydrogen) atoms. The summed E-state index contributed by atoms with van der Waals surface area (Å²) in [6.07, 6.45) is 7.90. The Labute approximate surface area is 176 Å². The van der Waals surface area contributed by atoms with Crippen LogP contribution in [0.1, 0.15) is 60.0 Å². The topological polar surface area (TPSA) is 37.3 Å². The number of fused-ring (bicyclic) bond motifs is 5. The Bertz CT molecular complexity index is 1060. The Morgan fingerprint density at radius 3 is 2.83 bits per heavy atom. The lowest BCUT2D eigenvalue weighted by Gasteiger charge is -2.28. The zero-order valence-electron chi connectivity index (χ0n) is 17.1. The molecule has 0 radical (unpaired) electrons. The number of carbonyl (C=O) groups excluding carboxylic acids is 1. The highest BCUT2D eigenvalue weighted by atomic mass is 32.1. The molecule has 1 atom stereocenters. The molecule has 0 saturated carbocycles. The van der Waals surface area contributed by atoms with Gasteiger partial charge in [-0.3, -0.25) is 0 Å². The predicted molar refractivity (Wildman–Crippen MR) is 119 cm³/mol. The van der Waals surface area contributed by atoms with Crippen LogP contribution in [0.25, 0.3) is 5.00 Å². The normalized spacial score (nSPS) is 17.9. The van der Waals surface area contributed by atoms with E-state index in [0.29, 0.717) is 6.54 Å². The number of nitrogens with one attached hydrogen (secondary N) is 1. The van der Waals surface area contributed by atoms with Gasteiger partial charge in [-0.2, -0.15) is 0 Å². The highest BCUT2D eigenvalue weighted by molar-refractivity contribution is 7.15. The number of amides is 2. The van der Waals surface area contributed by atoms with Gasteiger partial charge in [-0.05, 0) is 68.4 Å². The average molecular weight is 406 g/mol. The second-order valence-electron chi connectivity index (χ2n) is 8.04. The molecular weight excluding hydrogens is 378 g/mol. The molecule has 150 valence electrons. The fourth-order valence-electron chi connectivity index (χ4n) is 4.75. The highest BCUT2D eigenvalue weighted by Gasteiger charge is 2.33. The van der Waals surface area contributed by atoms with E-state index in [1.807, 2.05) is 34.4 Å². The largest absolute Gasteiger partial charge is 0.322 e. The van der Waals surface area contributed by atoms with Crippen LogP contribution in [0.15, 0.2) is 42.6 Å². The molecule has 2 amide bonds. The van der Waals surface area contributed by atoms with Crippen molar-refractivity contribution in [2.45, 2.75) is 58.5 Å². The molecule has 4 nitrogen and oxygen atoms in total. The first-order valence-corrected chi connectivity index (χ1v) is 11.5. The number of hydrogen-bond acceptors (Lipinski definition) is 2. The van der Waals surface area contributed by atoms with Crippen molar-refractivity contribution in [1.29, 1.82) is 0 Å². The third kappa shape index (κ3) is 3.08. The van der Waals surface area contributed by atoms with Crippen LogP contribution in [-0.4, -0.2) is 15.5 Å². The molecule has 3 aromatic rings. The standard InChI is InChI=1S/C24H27N3OS/c1-3-17-9-4-6-11-20(17)25-24(28)27-15-19-18-10-5-7-13-22(18)29-23(19)26-14-8-12-21(26)16(27)2/h4,6,8-9,11-12,14,16H,3,5,7,10,13,15H2,1-2H3,(H,25,28)/t16-/m1/s1. The van der Waals surface area contributed by atoms with Crippen molar-refractivity contribution in [3.63, 3.8) is 0 Å². The summed E-state index contributed by atoms with van der Waals surface area (Å²) < 4.78 is 2.32. The average Bonchev–Trinajstić information content (AvgIpc) is 3.34.